The molecule has 0 spiro atoms. The van der Waals surface area contributed by atoms with E-state index in [1.165, 1.54) is 0 Å². The minimum atomic E-state index is -0.607. The van der Waals surface area contributed by atoms with Gasteiger partial charge in [-0.1, -0.05) is 13.8 Å². The highest BCUT2D eigenvalue weighted by Crippen LogP contribution is 2.12. The predicted octanol–water partition coefficient (Wildman–Crippen LogP) is 1.60. The monoisotopic (exact) mass is 322 g/mol. The third-order valence-electron chi connectivity index (χ3n) is 3.39. The highest BCUT2D eigenvalue weighted by atomic mass is 16.5. The average molecular weight is 322 g/mol. The van der Waals surface area contributed by atoms with Crippen LogP contribution in [0.25, 0.3) is 0 Å². The number of ether oxygens (including phenoxy) is 2. The SMILES string of the molecule is COCC(C)NC(=O)C(NC(=O)c1ccc(OC)cc1)C(C)C. The molecule has 6 nitrogen and oxygen atoms in total. The second-order valence-electron chi connectivity index (χ2n) is 5.79. The van der Waals surface area contributed by atoms with Crippen LogP contribution in [0.1, 0.15) is 31.1 Å². The molecule has 2 unspecified atom stereocenters. The fourth-order valence-corrected chi connectivity index (χ4v) is 2.13. The van der Waals surface area contributed by atoms with E-state index in [4.69, 9.17) is 9.47 Å². The van der Waals surface area contributed by atoms with Crippen LogP contribution in [-0.2, 0) is 9.53 Å². The first-order chi connectivity index (χ1) is 10.9. The van der Waals surface area contributed by atoms with E-state index in [2.05, 4.69) is 10.6 Å². The molecule has 23 heavy (non-hydrogen) atoms. The van der Waals surface area contributed by atoms with Gasteiger partial charge in [0.2, 0.25) is 5.91 Å². The van der Waals surface area contributed by atoms with Crippen molar-refractivity contribution in [2.75, 3.05) is 20.8 Å². The minimum Gasteiger partial charge on any atom is -0.497 e. The van der Waals surface area contributed by atoms with Gasteiger partial charge >= 0.3 is 0 Å². The van der Waals surface area contributed by atoms with Crippen LogP contribution in [0.2, 0.25) is 0 Å². The molecule has 1 aromatic carbocycles. The molecule has 0 aliphatic heterocycles. The Balaban J connectivity index is 2.74. The number of hydrogen-bond acceptors (Lipinski definition) is 4. The Labute approximate surface area is 137 Å². The molecule has 1 aromatic rings. The number of methoxy groups -OCH3 is 2. The largest absolute Gasteiger partial charge is 0.497 e. The van der Waals surface area contributed by atoms with Gasteiger partial charge in [0.05, 0.1) is 13.7 Å². The zero-order valence-electron chi connectivity index (χ0n) is 14.4. The van der Waals surface area contributed by atoms with Gasteiger partial charge in [-0.25, -0.2) is 0 Å². The van der Waals surface area contributed by atoms with Crippen LogP contribution in [0, 0.1) is 5.92 Å². The van der Waals surface area contributed by atoms with Gasteiger partial charge < -0.3 is 20.1 Å². The lowest BCUT2D eigenvalue weighted by Gasteiger charge is -2.24. The van der Waals surface area contributed by atoms with Gasteiger partial charge in [0.15, 0.2) is 0 Å². The summed E-state index contributed by atoms with van der Waals surface area (Å²) < 4.78 is 10.1. The van der Waals surface area contributed by atoms with Gasteiger partial charge in [0.25, 0.3) is 5.91 Å². The Hall–Kier alpha value is -2.08. The summed E-state index contributed by atoms with van der Waals surface area (Å²) in [7, 11) is 3.14. The topological polar surface area (TPSA) is 76.7 Å². The lowest BCUT2D eigenvalue weighted by Crippen LogP contribution is -2.52. The molecule has 2 amide bonds. The molecule has 128 valence electrons. The van der Waals surface area contributed by atoms with Crippen molar-refractivity contribution in [3.63, 3.8) is 0 Å². The molecule has 6 heteroatoms. The molecular formula is C17H26N2O4. The molecular weight excluding hydrogens is 296 g/mol. The van der Waals surface area contributed by atoms with E-state index in [1.54, 1.807) is 38.5 Å². The molecule has 2 atom stereocenters. The van der Waals surface area contributed by atoms with E-state index >= 15 is 0 Å². The summed E-state index contributed by atoms with van der Waals surface area (Å²) in [6.45, 7) is 6.05. The van der Waals surface area contributed by atoms with E-state index in [0.717, 1.165) is 0 Å². The molecule has 0 heterocycles. The third-order valence-corrected chi connectivity index (χ3v) is 3.39. The zero-order chi connectivity index (χ0) is 17.4. The summed E-state index contributed by atoms with van der Waals surface area (Å²) in [5.74, 6) is 0.132. The molecule has 0 saturated carbocycles. The molecule has 1 rings (SSSR count). The predicted molar refractivity (Wildman–Crippen MR) is 88.6 cm³/mol. The number of benzene rings is 1. The summed E-state index contributed by atoms with van der Waals surface area (Å²) in [4.78, 5) is 24.7. The number of hydrogen-bond donors (Lipinski definition) is 2. The smallest absolute Gasteiger partial charge is 0.251 e. The van der Waals surface area contributed by atoms with Crippen molar-refractivity contribution in [3.05, 3.63) is 29.8 Å². The quantitative estimate of drug-likeness (QED) is 0.762. The summed E-state index contributed by atoms with van der Waals surface area (Å²) in [6, 6.07) is 6.02. The Kier molecular flexibility index (Phi) is 7.54. The van der Waals surface area contributed by atoms with Crippen molar-refractivity contribution in [1.82, 2.24) is 10.6 Å². The molecule has 0 aliphatic carbocycles. The summed E-state index contributed by atoms with van der Waals surface area (Å²) in [6.07, 6.45) is 0. The van der Waals surface area contributed by atoms with Crippen molar-refractivity contribution in [2.24, 2.45) is 5.92 Å². The van der Waals surface area contributed by atoms with E-state index in [-0.39, 0.29) is 23.8 Å². The maximum Gasteiger partial charge on any atom is 0.251 e. The van der Waals surface area contributed by atoms with Crippen molar-refractivity contribution < 1.29 is 19.1 Å². The number of nitrogens with one attached hydrogen (secondary N) is 2. The molecule has 0 bridgehead atoms. The van der Waals surface area contributed by atoms with Crippen molar-refractivity contribution in [2.45, 2.75) is 32.9 Å². The Morgan fingerprint density at radius 1 is 1.04 bits per heavy atom. The first kappa shape index (κ1) is 19.0. The van der Waals surface area contributed by atoms with Crippen LogP contribution in [0.5, 0.6) is 5.75 Å². The van der Waals surface area contributed by atoms with Crippen LogP contribution in [-0.4, -0.2) is 44.7 Å². The normalized spacial score (nSPS) is 13.3. The number of amides is 2. The number of carbonyl (C=O) groups excluding carboxylic acids is 2. The standard InChI is InChI=1S/C17H26N2O4/c1-11(2)15(17(21)18-12(3)10-22-4)19-16(20)13-6-8-14(23-5)9-7-13/h6-9,11-12,15H,10H2,1-5H3,(H,18,21)(H,19,20). The second kappa shape index (κ2) is 9.15. The van der Waals surface area contributed by atoms with Gasteiger partial charge in [0, 0.05) is 18.7 Å². The fourth-order valence-electron chi connectivity index (χ4n) is 2.13. The van der Waals surface area contributed by atoms with Crippen LogP contribution in [0.4, 0.5) is 0 Å². The van der Waals surface area contributed by atoms with Crippen molar-refractivity contribution in [3.8, 4) is 5.75 Å². The minimum absolute atomic E-state index is 0.0352. The van der Waals surface area contributed by atoms with E-state index in [9.17, 15) is 9.59 Å². The molecule has 2 N–H and O–H groups in total. The average Bonchev–Trinajstić information content (AvgIpc) is 2.52. The first-order valence-electron chi connectivity index (χ1n) is 7.63. The van der Waals surface area contributed by atoms with Crippen LogP contribution in [0.3, 0.4) is 0 Å². The van der Waals surface area contributed by atoms with E-state index < -0.39 is 6.04 Å². The van der Waals surface area contributed by atoms with Crippen LogP contribution < -0.4 is 15.4 Å². The summed E-state index contributed by atoms with van der Waals surface area (Å²) >= 11 is 0. The lowest BCUT2D eigenvalue weighted by molar-refractivity contribution is -0.124. The Bertz CT molecular complexity index is 514. The van der Waals surface area contributed by atoms with E-state index in [0.29, 0.717) is 17.9 Å². The molecule has 0 saturated heterocycles. The Morgan fingerprint density at radius 2 is 1.65 bits per heavy atom. The maximum absolute atomic E-state index is 12.3. The fraction of sp³-hybridized carbons (Fsp3) is 0.529. The highest BCUT2D eigenvalue weighted by molar-refractivity contribution is 5.97. The second-order valence-corrected chi connectivity index (χ2v) is 5.79. The summed E-state index contributed by atoms with van der Waals surface area (Å²) in [5, 5.41) is 5.62. The Morgan fingerprint density at radius 3 is 2.13 bits per heavy atom. The third kappa shape index (κ3) is 5.90. The van der Waals surface area contributed by atoms with Gasteiger partial charge in [-0.05, 0) is 37.1 Å². The van der Waals surface area contributed by atoms with Gasteiger partial charge in [0.1, 0.15) is 11.8 Å². The van der Waals surface area contributed by atoms with Crippen molar-refractivity contribution >= 4 is 11.8 Å². The lowest BCUT2D eigenvalue weighted by atomic mass is 10.0. The summed E-state index contributed by atoms with van der Waals surface area (Å²) in [5.41, 5.74) is 0.481. The number of carbonyl (C=O) groups is 2. The van der Waals surface area contributed by atoms with Crippen LogP contribution in [0.15, 0.2) is 24.3 Å². The van der Waals surface area contributed by atoms with Gasteiger partial charge in [-0.15, -0.1) is 0 Å². The maximum atomic E-state index is 12.3. The first-order valence-corrected chi connectivity index (χ1v) is 7.63. The molecule has 0 fully saturated rings. The molecule has 0 radical (unpaired) electrons. The zero-order valence-corrected chi connectivity index (χ0v) is 14.4. The van der Waals surface area contributed by atoms with Crippen LogP contribution >= 0.6 is 0 Å². The molecule has 0 aliphatic rings. The highest BCUT2D eigenvalue weighted by Gasteiger charge is 2.25. The number of rotatable bonds is 8. The van der Waals surface area contributed by atoms with E-state index in [1.807, 2.05) is 20.8 Å². The van der Waals surface area contributed by atoms with Crippen molar-refractivity contribution in [1.29, 1.82) is 0 Å². The van der Waals surface area contributed by atoms with Gasteiger partial charge in [-0.2, -0.15) is 0 Å². The van der Waals surface area contributed by atoms with Gasteiger partial charge in [-0.3, -0.25) is 9.59 Å². The molecule has 0 aromatic heterocycles.